The first-order valence-electron chi connectivity index (χ1n) is 6.60. The van der Waals surface area contributed by atoms with Crippen molar-refractivity contribution in [3.8, 4) is 5.75 Å². The molecule has 0 aliphatic heterocycles. The number of hydrogen-bond donors (Lipinski definition) is 2. The Morgan fingerprint density at radius 2 is 2.05 bits per heavy atom. The van der Waals surface area contributed by atoms with Gasteiger partial charge in [-0.1, -0.05) is 6.07 Å². The van der Waals surface area contributed by atoms with Gasteiger partial charge in [0.25, 0.3) is 0 Å². The summed E-state index contributed by atoms with van der Waals surface area (Å²) in [5.74, 6) is 0.926. The lowest BCUT2D eigenvalue weighted by Gasteiger charge is -2.12. The van der Waals surface area contributed by atoms with E-state index in [1.54, 1.807) is 7.11 Å². The van der Waals surface area contributed by atoms with Crippen molar-refractivity contribution >= 4 is 5.91 Å². The van der Waals surface area contributed by atoms with Crippen LogP contribution in [-0.4, -0.2) is 19.1 Å². The molecule has 1 rings (SSSR count). The number of ether oxygens (including phenoxy) is 1. The van der Waals surface area contributed by atoms with E-state index in [0.717, 1.165) is 22.4 Å². The minimum absolute atomic E-state index is 0.0465. The highest BCUT2D eigenvalue weighted by Gasteiger charge is 2.07. The second-order valence-corrected chi connectivity index (χ2v) is 5.04. The number of aryl methyl sites for hydroxylation is 2. The molecular formula is C15H24N2O2. The molecule has 0 bridgehead atoms. The van der Waals surface area contributed by atoms with Gasteiger partial charge in [0.15, 0.2) is 0 Å². The Labute approximate surface area is 115 Å². The predicted molar refractivity (Wildman–Crippen MR) is 77.2 cm³/mol. The molecule has 0 aliphatic carbocycles. The Morgan fingerprint density at radius 1 is 1.37 bits per heavy atom. The monoisotopic (exact) mass is 264 g/mol. The number of carbonyl (C=O) groups is 1. The molecule has 0 spiro atoms. The summed E-state index contributed by atoms with van der Waals surface area (Å²) in [6.45, 7) is 6.48. The van der Waals surface area contributed by atoms with Crippen molar-refractivity contribution in [3.63, 3.8) is 0 Å². The van der Waals surface area contributed by atoms with Gasteiger partial charge in [0, 0.05) is 19.0 Å². The second kappa shape index (κ2) is 7.14. The fourth-order valence-corrected chi connectivity index (χ4v) is 1.90. The number of methoxy groups -OCH3 is 1. The summed E-state index contributed by atoms with van der Waals surface area (Å²) < 4.78 is 5.27. The molecule has 0 radical (unpaired) electrons. The third-order valence-corrected chi connectivity index (χ3v) is 3.16. The normalized spacial score (nSPS) is 12.1. The van der Waals surface area contributed by atoms with Gasteiger partial charge in [0.2, 0.25) is 5.91 Å². The smallest absolute Gasteiger partial charge is 0.220 e. The lowest BCUT2D eigenvalue weighted by atomic mass is 10.0. The molecule has 0 saturated carbocycles. The van der Waals surface area contributed by atoms with Crippen LogP contribution in [0.3, 0.4) is 0 Å². The van der Waals surface area contributed by atoms with Crippen LogP contribution in [0, 0.1) is 13.8 Å². The third kappa shape index (κ3) is 4.91. The minimum Gasteiger partial charge on any atom is -0.496 e. The van der Waals surface area contributed by atoms with Crippen LogP contribution in [0.15, 0.2) is 12.1 Å². The van der Waals surface area contributed by atoms with Crippen molar-refractivity contribution in [2.75, 3.05) is 7.11 Å². The standard InChI is InChI=1S/C15H24N2O2/c1-10-8-14(19-4)11(2)7-13(10)9-17-15(18)6-5-12(3)16/h7-8,12H,5-6,9,16H2,1-4H3,(H,17,18). The Bertz CT molecular complexity index is 442. The van der Waals surface area contributed by atoms with Crippen molar-refractivity contribution < 1.29 is 9.53 Å². The molecule has 1 amide bonds. The van der Waals surface area contributed by atoms with Crippen LogP contribution in [0.25, 0.3) is 0 Å². The van der Waals surface area contributed by atoms with E-state index in [9.17, 15) is 4.79 Å². The number of rotatable bonds is 6. The summed E-state index contributed by atoms with van der Waals surface area (Å²) in [5.41, 5.74) is 8.95. The molecule has 3 N–H and O–H groups in total. The summed E-state index contributed by atoms with van der Waals surface area (Å²) in [7, 11) is 1.66. The topological polar surface area (TPSA) is 64.3 Å². The molecule has 1 atom stereocenters. The highest BCUT2D eigenvalue weighted by atomic mass is 16.5. The Hall–Kier alpha value is -1.55. The maximum absolute atomic E-state index is 11.6. The molecule has 106 valence electrons. The van der Waals surface area contributed by atoms with E-state index in [2.05, 4.69) is 11.4 Å². The first-order chi connectivity index (χ1) is 8.93. The van der Waals surface area contributed by atoms with E-state index in [1.807, 2.05) is 26.8 Å². The maximum Gasteiger partial charge on any atom is 0.220 e. The number of amides is 1. The van der Waals surface area contributed by atoms with Crippen LogP contribution in [-0.2, 0) is 11.3 Å². The zero-order valence-electron chi connectivity index (χ0n) is 12.2. The zero-order chi connectivity index (χ0) is 14.4. The van der Waals surface area contributed by atoms with Crippen molar-refractivity contribution in [1.29, 1.82) is 0 Å². The van der Waals surface area contributed by atoms with Crippen LogP contribution in [0.1, 0.15) is 36.5 Å². The summed E-state index contributed by atoms with van der Waals surface area (Å²) in [6.07, 6.45) is 1.19. The van der Waals surface area contributed by atoms with E-state index in [1.165, 1.54) is 0 Å². The third-order valence-electron chi connectivity index (χ3n) is 3.16. The number of carbonyl (C=O) groups excluding carboxylic acids is 1. The molecular weight excluding hydrogens is 240 g/mol. The second-order valence-electron chi connectivity index (χ2n) is 5.04. The van der Waals surface area contributed by atoms with Crippen molar-refractivity contribution in [3.05, 3.63) is 28.8 Å². The largest absolute Gasteiger partial charge is 0.496 e. The molecule has 4 nitrogen and oxygen atoms in total. The summed E-state index contributed by atoms with van der Waals surface area (Å²) in [4.78, 5) is 11.6. The molecule has 0 heterocycles. The molecule has 4 heteroatoms. The van der Waals surface area contributed by atoms with Crippen molar-refractivity contribution in [2.45, 2.75) is 46.2 Å². The lowest BCUT2D eigenvalue weighted by molar-refractivity contribution is -0.121. The van der Waals surface area contributed by atoms with Gasteiger partial charge in [0.1, 0.15) is 5.75 Å². The molecule has 19 heavy (non-hydrogen) atoms. The lowest BCUT2D eigenvalue weighted by Crippen LogP contribution is -2.25. The van der Waals surface area contributed by atoms with E-state index in [4.69, 9.17) is 10.5 Å². The molecule has 0 aliphatic rings. The van der Waals surface area contributed by atoms with Gasteiger partial charge in [0.05, 0.1) is 7.11 Å². The fourth-order valence-electron chi connectivity index (χ4n) is 1.90. The van der Waals surface area contributed by atoms with Crippen LogP contribution in [0.2, 0.25) is 0 Å². The maximum atomic E-state index is 11.6. The molecule has 1 aromatic rings. The number of hydrogen-bond acceptors (Lipinski definition) is 3. The average Bonchev–Trinajstić information content (AvgIpc) is 2.36. The van der Waals surface area contributed by atoms with Crippen LogP contribution in [0.4, 0.5) is 0 Å². The predicted octanol–water partition coefficient (Wildman–Crippen LogP) is 2.06. The molecule has 0 fully saturated rings. The average molecular weight is 264 g/mol. The highest BCUT2D eigenvalue weighted by molar-refractivity contribution is 5.75. The van der Waals surface area contributed by atoms with Gasteiger partial charge in [-0.2, -0.15) is 0 Å². The molecule has 0 aromatic heterocycles. The fraction of sp³-hybridized carbons (Fsp3) is 0.533. The van der Waals surface area contributed by atoms with Gasteiger partial charge in [-0.05, 0) is 49.9 Å². The first-order valence-corrected chi connectivity index (χ1v) is 6.60. The van der Waals surface area contributed by atoms with Gasteiger partial charge < -0.3 is 15.8 Å². The molecule has 1 unspecified atom stereocenters. The van der Waals surface area contributed by atoms with Gasteiger partial charge >= 0.3 is 0 Å². The first kappa shape index (κ1) is 15.5. The Morgan fingerprint density at radius 3 is 2.63 bits per heavy atom. The SMILES string of the molecule is COc1cc(C)c(CNC(=O)CCC(C)N)cc1C. The Balaban J connectivity index is 2.58. The Kier molecular flexibility index (Phi) is 5.83. The number of nitrogens with one attached hydrogen (secondary N) is 1. The quantitative estimate of drug-likeness (QED) is 0.826. The van der Waals surface area contributed by atoms with Crippen molar-refractivity contribution in [1.82, 2.24) is 5.32 Å². The van der Waals surface area contributed by atoms with Gasteiger partial charge in [-0.3, -0.25) is 4.79 Å². The number of nitrogens with two attached hydrogens (primary N) is 1. The molecule has 0 saturated heterocycles. The summed E-state index contributed by atoms with van der Waals surface area (Å²) in [6, 6.07) is 4.12. The minimum atomic E-state index is 0.0465. The van der Waals surface area contributed by atoms with Gasteiger partial charge in [-0.15, -0.1) is 0 Å². The van der Waals surface area contributed by atoms with Crippen LogP contribution in [0.5, 0.6) is 5.75 Å². The van der Waals surface area contributed by atoms with Crippen LogP contribution < -0.4 is 15.8 Å². The van der Waals surface area contributed by atoms with Gasteiger partial charge in [-0.25, -0.2) is 0 Å². The highest BCUT2D eigenvalue weighted by Crippen LogP contribution is 2.22. The van der Waals surface area contributed by atoms with Crippen molar-refractivity contribution in [2.24, 2.45) is 5.73 Å². The number of benzene rings is 1. The van der Waals surface area contributed by atoms with Crippen LogP contribution >= 0.6 is 0 Å². The van der Waals surface area contributed by atoms with E-state index in [0.29, 0.717) is 19.4 Å². The van der Waals surface area contributed by atoms with E-state index in [-0.39, 0.29) is 11.9 Å². The van der Waals surface area contributed by atoms with E-state index >= 15 is 0 Å². The molecule has 1 aromatic carbocycles. The summed E-state index contributed by atoms with van der Waals surface area (Å²) in [5, 5.41) is 2.92. The summed E-state index contributed by atoms with van der Waals surface area (Å²) >= 11 is 0. The van der Waals surface area contributed by atoms with E-state index < -0.39 is 0 Å². The zero-order valence-corrected chi connectivity index (χ0v) is 12.2.